The van der Waals surface area contributed by atoms with Crippen molar-refractivity contribution < 1.29 is 19.1 Å². The van der Waals surface area contributed by atoms with Crippen LogP contribution in [0, 0.1) is 23.7 Å². The molecule has 4 nitrogen and oxygen atoms in total. The van der Waals surface area contributed by atoms with Crippen LogP contribution in [0.4, 0.5) is 0 Å². The Labute approximate surface area is 260 Å². The van der Waals surface area contributed by atoms with E-state index in [9.17, 15) is 9.59 Å². The molecule has 0 saturated carbocycles. The fraction of sp³-hybridized carbons (Fsp3) is 0.200. The van der Waals surface area contributed by atoms with E-state index in [0.29, 0.717) is 13.2 Å². The SMILES string of the molecule is CC#Cc1ccc(C(=C(c2ccccc2)c2ccc(C#CC(=O)OCCCCCCOC(C)=O)cc2)c2ccccc2)cc1. The molecule has 0 spiro atoms. The maximum absolute atomic E-state index is 12.2. The van der Waals surface area contributed by atoms with Crippen molar-refractivity contribution >= 4 is 23.1 Å². The number of ether oxygens (including phenoxy) is 2. The zero-order valence-electron chi connectivity index (χ0n) is 25.3. The summed E-state index contributed by atoms with van der Waals surface area (Å²) in [6.07, 6.45) is 3.35. The van der Waals surface area contributed by atoms with E-state index in [-0.39, 0.29) is 5.97 Å². The summed E-state index contributed by atoms with van der Waals surface area (Å²) in [4.78, 5) is 23.0. The number of benzene rings is 4. The molecule has 0 aliphatic heterocycles. The predicted octanol–water partition coefficient (Wildman–Crippen LogP) is 8.08. The van der Waals surface area contributed by atoms with Gasteiger partial charge < -0.3 is 9.47 Å². The standard InChI is InChI=1S/C40H36O4/c1-3-14-32-19-24-36(25-20-32)39(34-15-8-6-9-16-34)40(35-17-10-7-11-18-35)37-26-21-33(22-27-37)23-28-38(42)44-30-13-5-4-12-29-43-31(2)41/h6-11,15-22,24-27H,4-5,12-13,29-30H2,1-2H3. The Morgan fingerprint density at radius 3 is 1.43 bits per heavy atom. The van der Waals surface area contributed by atoms with E-state index in [2.05, 4.69) is 84.3 Å². The molecule has 0 unspecified atom stereocenters. The van der Waals surface area contributed by atoms with Gasteiger partial charge in [0.1, 0.15) is 0 Å². The Hall–Kier alpha value is -5.32. The molecule has 4 aromatic rings. The van der Waals surface area contributed by atoms with Crippen LogP contribution >= 0.6 is 0 Å². The van der Waals surface area contributed by atoms with Crippen molar-refractivity contribution in [3.63, 3.8) is 0 Å². The fourth-order valence-electron chi connectivity index (χ4n) is 4.80. The first-order valence-corrected chi connectivity index (χ1v) is 14.9. The molecule has 0 aliphatic carbocycles. The van der Waals surface area contributed by atoms with Gasteiger partial charge in [0.2, 0.25) is 0 Å². The summed E-state index contributed by atoms with van der Waals surface area (Å²) in [5, 5.41) is 0. The number of carbonyl (C=O) groups excluding carboxylic acids is 2. The molecule has 0 aromatic heterocycles. The monoisotopic (exact) mass is 580 g/mol. The number of rotatable bonds is 11. The summed E-state index contributed by atoms with van der Waals surface area (Å²) >= 11 is 0. The van der Waals surface area contributed by atoms with Crippen LogP contribution in [-0.4, -0.2) is 25.2 Å². The van der Waals surface area contributed by atoms with Crippen LogP contribution < -0.4 is 0 Å². The Morgan fingerprint density at radius 2 is 0.977 bits per heavy atom. The van der Waals surface area contributed by atoms with Gasteiger partial charge in [0.05, 0.1) is 13.2 Å². The van der Waals surface area contributed by atoms with Gasteiger partial charge in [0, 0.05) is 24.0 Å². The van der Waals surface area contributed by atoms with Crippen LogP contribution in [0.3, 0.4) is 0 Å². The van der Waals surface area contributed by atoms with E-state index >= 15 is 0 Å². The molecule has 0 saturated heterocycles. The minimum absolute atomic E-state index is 0.263. The van der Waals surface area contributed by atoms with Gasteiger partial charge in [-0.05, 0) is 90.3 Å². The first-order chi connectivity index (χ1) is 21.5. The summed E-state index contributed by atoms with van der Waals surface area (Å²) < 4.78 is 10.2. The largest absolute Gasteiger partial charge is 0.466 e. The van der Waals surface area contributed by atoms with Crippen molar-refractivity contribution in [1.82, 2.24) is 0 Å². The van der Waals surface area contributed by atoms with Gasteiger partial charge in [-0.2, -0.15) is 0 Å². The molecule has 0 bridgehead atoms. The van der Waals surface area contributed by atoms with Crippen LogP contribution in [0.15, 0.2) is 109 Å². The Balaban J connectivity index is 1.55. The average Bonchev–Trinajstić information content (AvgIpc) is 3.05. The summed E-state index contributed by atoms with van der Waals surface area (Å²) in [6, 6.07) is 37.1. The lowest BCUT2D eigenvalue weighted by molar-refractivity contribution is -0.141. The first kappa shape index (κ1) is 31.6. The number of unbranched alkanes of at least 4 members (excludes halogenated alkanes) is 3. The second-order valence-electron chi connectivity index (χ2n) is 10.2. The summed E-state index contributed by atoms with van der Waals surface area (Å²) in [6.45, 7) is 3.99. The van der Waals surface area contributed by atoms with Gasteiger partial charge >= 0.3 is 11.9 Å². The number of esters is 2. The minimum atomic E-state index is -0.540. The predicted molar refractivity (Wildman–Crippen MR) is 176 cm³/mol. The lowest BCUT2D eigenvalue weighted by atomic mass is 9.85. The second-order valence-corrected chi connectivity index (χ2v) is 10.2. The Kier molecular flexibility index (Phi) is 12.2. The topological polar surface area (TPSA) is 52.6 Å². The average molecular weight is 581 g/mol. The van der Waals surface area contributed by atoms with E-state index in [1.54, 1.807) is 0 Å². The van der Waals surface area contributed by atoms with E-state index in [0.717, 1.165) is 70.2 Å². The smallest absolute Gasteiger partial charge is 0.384 e. The summed E-state index contributed by atoms with van der Waals surface area (Å²) in [5.41, 5.74) is 8.24. The van der Waals surface area contributed by atoms with E-state index in [4.69, 9.17) is 9.47 Å². The molecule has 4 rings (SSSR count). The van der Waals surface area contributed by atoms with Crippen LogP contribution in [0.5, 0.6) is 0 Å². The molecule has 0 atom stereocenters. The van der Waals surface area contributed by atoms with E-state index in [1.807, 2.05) is 55.5 Å². The van der Waals surface area contributed by atoms with Gasteiger partial charge in [0.15, 0.2) is 0 Å². The highest BCUT2D eigenvalue weighted by Gasteiger charge is 2.16. The Morgan fingerprint density at radius 1 is 0.545 bits per heavy atom. The summed E-state index contributed by atoms with van der Waals surface area (Å²) in [7, 11) is 0. The third-order valence-electron chi connectivity index (χ3n) is 6.88. The molecule has 0 fully saturated rings. The molecule has 0 radical (unpaired) electrons. The van der Waals surface area contributed by atoms with Crippen LogP contribution in [0.2, 0.25) is 0 Å². The summed E-state index contributed by atoms with van der Waals surface area (Å²) in [5.74, 6) is 10.8. The minimum Gasteiger partial charge on any atom is -0.466 e. The van der Waals surface area contributed by atoms with Crippen LogP contribution in [0.1, 0.15) is 72.9 Å². The van der Waals surface area contributed by atoms with Crippen molar-refractivity contribution in [3.05, 3.63) is 143 Å². The van der Waals surface area contributed by atoms with Crippen LogP contribution in [0.25, 0.3) is 11.1 Å². The number of hydrogen-bond donors (Lipinski definition) is 0. The van der Waals surface area contributed by atoms with Gasteiger partial charge in [-0.15, -0.1) is 5.92 Å². The lowest BCUT2D eigenvalue weighted by Crippen LogP contribution is -2.03. The maximum Gasteiger partial charge on any atom is 0.384 e. The van der Waals surface area contributed by atoms with Gasteiger partial charge in [-0.1, -0.05) is 96.8 Å². The molecule has 0 amide bonds. The first-order valence-electron chi connectivity index (χ1n) is 14.9. The Bertz CT molecular complexity index is 1680. The molecular formula is C40H36O4. The molecule has 4 heteroatoms. The lowest BCUT2D eigenvalue weighted by Gasteiger charge is -2.18. The van der Waals surface area contributed by atoms with E-state index < -0.39 is 5.97 Å². The van der Waals surface area contributed by atoms with Crippen molar-refractivity contribution in [1.29, 1.82) is 0 Å². The highest BCUT2D eigenvalue weighted by Crippen LogP contribution is 2.37. The van der Waals surface area contributed by atoms with Crippen molar-refractivity contribution in [2.45, 2.75) is 39.5 Å². The second kappa shape index (κ2) is 17.0. The molecule has 0 heterocycles. The van der Waals surface area contributed by atoms with Crippen molar-refractivity contribution in [2.75, 3.05) is 13.2 Å². The molecular weight excluding hydrogens is 544 g/mol. The molecule has 44 heavy (non-hydrogen) atoms. The fourth-order valence-corrected chi connectivity index (χ4v) is 4.80. The zero-order chi connectivity index (χ0) is 31.0. The maximum atomic E-state index is 12.2. The van der Waals surface area contributed by atoms with Crippen molar-refractivity contribution in [2.24, 2.45) is 0 Å². The number of hydrogen-bond acceptors (Lipinski definition) is 4. The number of carbonyl (C=O) groups is 2. The molecule has 0 aliphatic rings. The zero-order valence-corrected chi connectivity index (χ0v) is 25.3. The molecule has 4 aromatic carbocycles. The quantitative estimate of drug-likeness (QED) is 0.0779. The third kappa shape index (κ3) is 9.62. The van der Waals surface area contributed by atoms with Gasteiger partial charge in [-0.25, -0.2) is 4.79 Å². The van der Waals surface area contributed by atoms with Gasteiger partial charge in [0.25, 0.3) is 0 Å². The van der Waals surface area contributed by atoms with Crippen LogP contribution in [-0.2, 0) is 19.1 Å². The van der Waals surface area contributed by atoms with Crippen molar-refractivity contribution in [3.8, 4) is 23.7 Å². The highest BCUT2D eigenvalue weighted by atomic mass is 16.5. The molecule has 220 valence electrons. The molecule has 0 N–H and O–H groups in total. The van der Waals surface area contributed by atoms with Gasteiger partial charge in [-0.3, -0.25) is 4.79 Å². The normalized spacial score (nSPS) is 10.8. The highest BCUT2D eigenvalue weighted by molar-refractivity contribution is 6.04. The van der Waals surface area contributed by atoms with E-state index in [1.165, 1.54) is 6.92 Å². The third-order valence-corrected chi connectivity index (χ3v) is 6.88.